The number of benzene rings is 3. The van der Waals surface area contributed by atoms with E-state index in [1.807, 2.05) is 11.3 Å². The first-order valence-corrected chi connectivity index (χ1v) is 15.7. The highest BCUT2D eigenvalue weighted by molar-refractivity contribution is 7.19. The first-order valence-electron chi connectivity index (χ1n) is 14.9. The van der Waals surface area contributed by atoms with Crippen LogP contribution in [0, 0.1) is 6.92 Å². The van der Waals surface area contributed by atoms with Crippen LogP contribution in [-0.2, 0) is 6.42 Å². The fourth-order valence-corrected chi connectivity index (χ4v) is 8.58. The SMILES string of the molecule is CCc1c(-c2c(C)sc3ccccc23)n(C2=CC=CC(N)C2c2ccc3c(c2)C2C=CC=CC2(C)O3)c2ccccc12. The first-order chi connectivity index (χ1) is 20.5. The van der Waals surface area contributed by atoms with E-state index in [1.54, 1.807) is 0 Å². The van der Waals surface area contributed by atoms with Crippen molar-refractivity contribution < 1.29 is 4.74 Å². The van der Waals surface area contributed by atoms with Crippen LogP contribution in [0.3, 0.4) is 0 Å². The van der Waals surface area contributed by atoms with Gasteiger partial charge in [-0.3, -0.25) is 0 Å². The summed E-state index contributed by atoms with van der Waals surface area (Å²) in [4.78, 5) is 1.34. The monoisotopic (exact) mass is 566 g/mol. The van der Waals surface area contributed by atoms with E-state index < -0.39 is 0 Å². The van der Waals surface area contributed by atoms with Crippen molar-refractivity contribution in [2.45, 2.75) is 50.7 Å². The summed E-state index contributed by atoms with van der Waals surface area (Å²) in [5.74, 6) is 1.14. The zero-order valence-corrected chi connectivity index (χ0v) is 25.0. The van der Waals surface area contributed by atoms with Crippen molar-refractivity contribution in [3.63, 3.8) is 0 Å². The van der Waals surface area contributed by atoms with Crippen molar-refractivity contribution >= 4 is 38.0 Å². The molecule has 0 radical (unpaired) electrons. The Morgan fingerprint density at radius 2 is 1.76 bits per heavy atom. The van der Waals surface area contributed by atoms with Gasteiger partial charge in [-0.15, -0.1) is 11.3 Å². The van der Waals surface area contributed by atoms with Gasteiger partial charge < -0.3 is 15.0 Å². The highest BCUT2D eigenvalue weighted by atomic mass is 32.1. The van der Waals surface area contributed by atoms with Crippen LogP contribution >= 0.6 is 11.3 Å². The van der Waals surface area contributed by atoms with E-state index in [2.05, 4.69) is 135 Å². The molecule has 1 aliphatic heterocycles. The lowest BCUT2D eigenvalue weighted by Crippen LogP contribution is -2.32. The number of aryl methyl sites for hydroxylation is 2. The molecule has 2 aromatic heterocycles. The average Bonchev–Trinajstić information content (AvgIpc) is 3.61. The number of aromatic nitrogens is 1. The Morgan fingerprint density at radius 3 is 2.62 bits per heavy atom. The van der Waals surface area contributed by atoms with Crippen LogP contribution in [0.1, 0.15) is 47.3 Å². The minimum atomic E-state index is -0.347. The molecule has 3 heterocycles. The smallest absolute Gasteiger partial charge is 0.135 e. The fourth-order valence-electron chi connectivity index (χ4n) is 7.52. The number of ether oxygens (including phenoxy) is 1. The van der Waals surface area contributed by atoms with Crippen molar-refractivity contribution in [3.05, 3.63) is 131 Å². The molecular formula is C38H34N2OS. The molecule has 0 bridgehead atoms. The zero-order chi connectivity index (χ0) is 28.6. The molecule has 208 valence electrons. The molecule has 2 aliphatic carbocycles. The summed E-state index contributed by atoms with van der Waals surface area (Å²) in [6.07, 6.45) is 16.2. The Kier molecular flexibility index (Phi) is 5.76. The molecule has 4 atom stereocenters. The number of thiophene rings is 1. The number of allylic oxidation sites excluding steroid dienone is 4. The Balaban J connectivity index is 1.37. The van der Waals surface area contributed by atoms with Crippen LogP contribution in [0.25, 0.3) is 37.9 Å². The second kappa shape index (κ2) is 9.45. The van der Waals surface area contributed by atoms with Crippen molar-refractivity contribution in [2.24, 2.45) is 5.73 Å². The van der Waals surface area contributed by atoms with Gasteiger partial charge in [0, 0.05) is 55.1 Å². The molecule has 0 amide bonds. The van der Waals surface area contributed by atoms with Gasteiger partial charge in [0.1, 0.15) is 11.4 Å². The summed E-state index contributed by atoms with van der Waals surface area (Å²) in [5.41, 5.74) is 15.6. The van der Waals surface area contributed by atoms with E-state index in [4.69, 9.17) is 10.5 Å². The molecular weight excluding hydrogens is 532 g/mol. The van der Waals surface area contributed by atoms with Gasteiger partial charge in [-0.05, 0) is 61.7 Å². The normalized spacial score (nSPS) is 24.2. The number of nitrogens with zero attached hydrogens (tertiary/aromatic N) is 1. The van der Waals surface area contributed by atoms with Crippen molar-refractivity contribution in [3.8, 4) is 17.0 Å². The highest BCUT2D eigenvalue weighted by Crippen LogP contribution is 2.51. The van der Waals surface area contributed by atoms with Crippen molar-refractivity contribution in [1.82, 2.24) is 4.57 Å². The third kappa shape index (κ3) is 3.62. The quantitative estimate of drug-likeness (QED) is 0.235. The number of hydrogen-bond acceptors (Lipinski definition) is 3. The standard InChI is InChI=1S/C38H34N2OS/c1-4-25-26-12-5-7-16-31(26)40(37(25)35-23(2)42-34-18-8-6-13-27(34)35)32-17-11-15-30(39)36(32)24-19-20-33-28(22-24)29-14-9-10-21-38(29,3)41-33/h5-22,29-30,36H,4,39H2,1-3H3. The fraction of sp³-hybridized carbons (Fsp3) is 0.211. The van der Waals surface area contributed by atoms with Gasteiger partial charge in [-0.1, -0.05) is 85.8 Å². The maximum absolute atomic E-state index is 7.02. The third-order valence-electron chi connectivity index (χ3n) is 9.42. The van der Waals surface area contributed by atoms with Crippen molar-refractivity contribution in [2.75, 3.05) is 0 Å². The zero-order valence-electron chi connectivity index (χ0n) is 24.2. The van der Waals surface area contributed by atoms with Crippen LogP contribution in [0.4, 0.5) is 0 Å². The summed E-state index contributed by atoms with van der Waals surface area (Å²) >= 11 is 1.88. The van der Waals surface area contributed by atoms with Gasteiger partial charge in [0.15, 0.2) is 0 Å². The lowest BCUT2D eigenvalue weighted by molar-refractivity contribution is 0.155. The van der Waals surface area contributed by atoms with Gasteiger partial charge in [-0.2, -0.15) is 0 Å². The van der Waals surface area contributed by atoms with E-state index in [0.717, 1.165) is 12.2 Å². The molecule has 5 aromatic rings. The number of fused-ring (bicyclic) bond motifs is 5. The summed E-state index contributed by atoms with van der Waals surface area (Å²) in [6, 6.07) is 24.3. The van der Waals surface area contributed by atoms with E-state index in [-0.39, 0.29) is 23.5 Å². The maximum Gasteiger partial charge on any atom is 0.135 e. The van der Waals surface area contributed by atoms with Crippen molar-refractivity contribution in [1.29, 1.82) is 0 Å². The number of para-hydroxylation sites is 1. The predicted octanol–water partition coefficient (Wildman–Crippen LogP) is 9.28. The van der Waals surface area contributed by atoms with Crippen LogP contribution in [-0.4, -0.2) is 16.2 Å². The van der Waals surface area contributed by atoms with Crippen LogP contribution in [0.5, 0.6) is 5.75 Å². The van der Waals surface area contributed by atoms with E-state index in [1.165, 1.54) is 59.5 Å². The maximum atomic E-state index is 7.02. The molecule has 2 N–H and O–H groups in total. The predicted molar refractivity (Wildman–Crippen MR) is 177 cm³/mol. The molecule has 0 spiro atoms. The molecule has 42 heavy (non-hydrogen) atoms. The molecule has 3 nitrogen and oxygen atoms in total. The van der Waals surface area contributed by atoms with Gasteiger partial charge in [0.25, 0.3) is 0 Å². The Hall–Kier alpha value is -4.12. The van der Waals surface area contributed by atoms with Crippen LogP contribution < -0.4 is 10.5 Å². The summed E-state index contributed by atoms with van der Waals surface area (Å²) < 4.78 is 10.3. The molecule has 4 heteroatoms. The number of rotatable bonds is 4. The van der Waals surface area contributed by atoms with Gasteiger partial charge in [-0.25, -0.2) is 0 Å². The molecule has 0 fully saturated rings. The molecule has 3 aliphatic rings. The Bertz CT molecular complexity index is 2020. The van der Waals surface area contributed by atoms with E-state index >= 15 is 0 Å². The molecule has 0 saturated heterocycles. The third-order valence-corrected chi connectivity index (χ3v) is 10.5. The molecule has 3 aromatic carbocycles. The lowest BCUT2D eigenvalue weighted by Gasteiger charge is -2.31. The minimum absolute atomic E-state index is 0.0141. The summed E-state index contributed by atoms with van der Waals surface area (Å²) in [5, 5.41) is 2.63. The second-order valence-electron chi connectivity index (χ2n) is 11.9. The average molecular weight is 567 g/mol. The highest BCUT2D eigenvalue weighted by Gasteiger charge is 2.43. The van der Waals surface area contributed by atoms with E-state index in [9.17, 15) is 0 Å². The summed E-state index contributed by atoms with van der Waals surface area (Å²) in [6.45, 7) is 6.72. The Labute approximate surface area is 250 Å². The minimum Gasteiger partial charge on any atom is -0.482 e. The molecule has 8 rings (SSSR count). The summed E-state index contributed by atoms with van der Waals surface area (Å²) in [7, 11) is 0. The van der Waals surface area contributed by atoms with E-state index in [0.29, 0.717) is 0 Å². The lowest BCUT2D eigenvalue weighted by atomic mass is 9.79. The van der Waals surface area contributed by atoms with Gasteiger partial charge >= 0.3 is 0 Å². The second-order valence-corrected chi connectivity index (χ2v) is 13.2. The first kappa shape index (κ1) is 25.6. The molecule has 4 unspecified atom stereocenters. The number of nitrogens with two attached hydrogens (primary N) is 1. The number of hydrogen-bond donors (Lipinski definition) is 1. The largest absolute Gasteiger partial charge is 0.482 e. The van der Waals surface area contributed by atoms with Gasteiger partial charge in [0.05, 0.1) is 11.2 Å². The van der Waals surface area contributed by atoms with Gasteiger partial charge in [0.2, 0.25) is 0 Å². The topological polar surface area (TPSA) is 40.2 Å². The Morgan fingerprint density at radius 1 is 0.952 bits per heavy atom. The molecule has 0 saturated carbocycles. The van der Waals surface area contributed by atoms with Crippen LogP contribution in [0.2, 0.25) is 0 Å². The van der Waals surface area contributed by atoms with Crippen LogP contribution in [0.15, 0.2) is 109 Å².